The summed E-state index contributed by atoms with van der Waals surface area (Å²) < 4.78 is 2.01. The molecule has 3 heterocycles. The van der Waals surface area contributed by atoms with Crippen molar-refractivity contribution in [1.29, 1.82) is 0 Å². The van der Waals surface area contributed by atoms with E-state index < -0.39 is 0 Å². The highest BCUT2D eigenvalue weighted by Crippen LogP contribution is 2.33. The van der Waals surface area contributed by atoms with E-state index in [0.29, 0.717) is 32.1 Å². The lowest BCUT2D eigenvalue weighted by Gasteiger charge is -2.26. The van der Waals surface area contributed by atoms with Gasteiger partial charge in [-0.3, -0.25) is 14.6 Å². The molecule has 4 rings (SSSR count). The maximum Gasteiger partial charge on any atom is 0.228 e. The summed E-state index contributed by atoms with van der Waals surface area (Å²) in [6, 6.07) is 4.25. The van der Waals surface area contributed by atoms with Gasteiger partial charge in [0.1, 0.15) is 0 Å². The molecule has 0 spiro atoms. The summed E-state index contributed by atoms with van der Waals surface area (Å²) in [4.78, 5) is 37.5. The van der Waals surface area contributed by atoms with Gasteiger partial charge in [0, 0.05) is 63.4 Å². The lowest BCUT2D eigenvalue weighted by Crippen LogP contribution is -2.38. The zero-order chi connectivity index (χ0) is 18.6. The molecular weight excluding hydrogens is 342 g/mol. The predicted molar refractivity (Wildman–Crippen MR) is 99.3 cm³/mol. The van der Waals surface area contributed by atoms with Crippen LogP contribution < -0.4 is 0 Å². The Morgan fingerprint density at radius 3 is 2.85 bits per heavy atom. The number of rotatable bonds is 8. The first-order valence-corrected chi connectivity index (χ1v) is 9.63. The van der Waals surface area contributed by atoms with Crippen molar-refractivity contribution in [1.82, 2.24) is 24.3 Å². The van der Waals surface area contributed by atoms with E-state index in [1.54, 1.807) is 24.9 Å². The van der Waals surface area contributed by atoms with E-state index in [1.165, 1.54) is 0 Å². The Bertz CT molecular complexity index is 773. The van der Waals surface area contributed by atoms with Gasteiger partial charge in [0.05, 0.1) is 12.2 Å². The molecule has 0 radical (unpaired) electrons. The van der Waals surface area contributed by atoms with Crippen LogP contribution in [0.2, 0.25) is 0 Å². The smallest absolute Gasteiger partial charge is 0.228 e. The molecule has 2 fully saturated rings. The van der Waals surface area contributed by atoms with Crippen molar-refractivity contribution in [2.45, 2.75) is 44.8 Å². The standard InChI is InChI=1S/C20H25N5O2/c26-19-11-17(14-25(19)18-4-5-18)20(27)24(13-16-3-1-6-21-12-16)9-2-8-23-10-7-22-15-23/h1,3,6-7,10,12,15,17-18H,2,4-5,8-9,11,13-14H2/t17-/m0/s1. The topological polar surface area (TPSA) is 71.3 Å². The number of imidazole rings is 1. The summed E-state index contributed by atoms with van der Waals surface area (Å²) in [5, 5.41) is 0. The van der Waals surface area contributed by atoms with E-state index in [0.717, 1.165) is 31.4 Å². The molecule has 2 aromatic rings. The molecule has 1 aliphatic carbocycles. The number of nitrogens with zero attached hydrogens (tertiary/aromatic N) is 5. The first-order chi connectivity index (χ1) is 13.2. The third-order valence-electron chi connectivity index (χ3n) is 5.31. The molecule has 1 aliphatic heterocycles. The summed E-state index contributed by atoms with van der Waals surface area (Å²) in [6.45, 7) is 2.58. The van der Waals surface area contributed by atoms with Crippen LogP contribution in [0, 0.1) is 5.92 Å². The van der Waals surface area contributed by atoms with E-state index >= 15 is 0 Å². The molecule has 2 aromatic heterocycles. The van der Waals surface area contributed by atoms with Gasteiger partial charge in [-0.15, -0.1) is 0 Å². The van der Waals surface area contributed by atoms with Crippen molar-refractivity contribution in [3.05, 3.63) is 48.8 Å². The normalized spacial score (nSPS) is 19.5. The molecule has 1 atom stereocenters. The average molecular weight is 367 g/mol. The SMILES string of the molecule is O=C([C@H]1CC(=O)N(C2CC2)C1)N(CCCn1ccnc1)Cc1cccnc1. The van der Waals surface area contributed by atoms with E-state index in [9.17, 15) is 9.59 Å². The van der Waals surface area contributed by atoms with E-state index in [-0.39, 0.29) is 17.7 Å². The minimum atomic E-state index is -0.219. The first kappa shape index (κ1) is 17.7. The molecule has 142 valence electrons. The third-order valence-corrected chi connectivity index (χ3v) is 5.31. The van der Waals surface area contributed by atoms with Gasteiger partial charge < -0.3 is 14.4 Å². The predicted octanol–water partition coefficient (Wildman–Crippen LogP) is 1.71. The number of amides is 2. The Hall–Kier alpha value is -2.70. The molecule has 2 amide bonds. The van der Waals surface area contributed by atoms with Crippen molar-refractivity contribution in [2.24, 2.45) is 5.92 Å². The van der Waals surface area contributed by atoms with Crippen molar-refractivity contribution in [3.8, 4) is 0 Å². The minimum Gasteiger partial charge on any atom is -0.339 e. The zero-order valence-electron chi connectivity index (χ0n) is 15.4. The van der Waals surface area contributed by atoms with Crippen molar-refractivity contribution in [3.63, 3.8) is 0 Å². The van der Waals surface area contributed by atoms with Crippen LogP contribution >= 0.6 is 0 Å². The van der Waals surface area contributed by atoms with Gasteiger partial charge in [-0.2, -0.15) is 0 Å². The number of carbonyl (C=O) groups excluding carboxylic acids is 2. The van der Waals surface area contributed by atoms with Gasteiger partial charge >= 0.3 is 0 Å². The summed E-state index contributed by atoms with van der Waals surface area (Å²) in [5.41, 5.74) is 1.01. The molecule has 1 saturated heterocycles. The molecule has 7 nitrogen and oxygen atoms in total. The van der Waals surface area contributed by atoms with Crippen molar-refractivity contribution in [2.75, 3.05) is 13.1 Å². The molecule has 7 heteroatoms. The highest BCUT2D eigenvalue weighted by atomic mass is 16.2. The molecule has 0 aromatic carbocycles. The van der Waals surface area contributed by atoms with Gasteiger partial charge in [-0.05, 0) is 30.9 Å². The summed E-state index contributed by atoms with van der Waals surface area (Å²) in [7, 11) is 0. The summed E-state index contributed by atoms with van der Waals surface area (Å²) in [6.07, 6.45) is 12.4. The highest BCUT2D eigenvalue weighted by Gasteiger charge is 2.42. The van der Waals surface area contributed by atoms with E-state index in [4.69, 9.17) is 0 Å². The van der Waals surface area contributed by atoms with Crippen LogP contribution in [0.5, 0.6) is 0 Å². The molecule has 1 saturated carbocycles. The molecule has 0 unspecified atom stereocenters. The van der Waals surface area contributed by atoms with Gasteiger partial charge in [0.25, 0.3) is 0 Å². The maximum absolute atomic E-state index is 13.2. The monoisotopic (exact) mass is 367 g/mol. The number of likely N-dealkylation sites (tertiary alicyclic amines) is 1. The largest absolute Gasteiger partial charge is 0.339 e. The fraction of sp³-hybridized carbons (Fsp3) is 0.500. The minimum absolute atomic E-state index is 0.0842. The second-order valence-corrected chi connectivity index (χ2v) is 7.45. The number of aromatic nitrogens is 3. The van der Waals surface area contributed by atoms with Crippen LogP contribution in [0.25, 0.3) is 0 Å². The first-order valence-electron chi connectivity index (χ1n) is 9.63. The molecule has 2 aliphatic rings. The Morgan fingerprint density at radius 1 is 1.26 bits per heavy atom. The van der Waals surface area contributed by atoms with Gasteiger partial charge in [-0.1, -0.05) is 6.07 Å². The lowest BCUT2D eigenvalue weighted by atomic mass is 10.1. The number of aryl methyl sites for hydroxylation is 1. The van der Waals surface area contributed by atoms with Gasteiger partial charge in [0.15, 0.2) is 0 Å². The fourth-order valence-corrected chi connectivity index (χ4v) is 3.74. The summed E-state index contributed by atoms with van der Waals surface area (Å²) >= 11 is 0. The lowest BCUT2D eigenvalue weighted by molar-refractivity contribution is -0.136. The molecule has 0 N–H and O–H groups in total. The van der Waals surface area contributed by atoms with Crippen LogP contribution in [0.1, 0.15) is 31.2 Å². The van der Waals surface area contributed by atoms with Crippen LogP contribution in [-0.2, 0) is 22.7 Å². The van der Waals surface area contributed by atoms with E-state index in [1.807, 2.05) is 32.7 Å². The Balaban J connectivity index is 1.41. The van der Waals surface area contributed by atoms with Gasteiger partial charge in [-0.25, -0.2) is 4.98 Å². The average Bonchev–Trinajstić information content (AvgIpc) is 3.24. The number of pyridine rings is 1. The van der Waals surface area contributed by atoms with E-state index in [2.05, 4.69) is 9.97 Å². The Kier molecular flexibility index (Phi) is 5.18. The second kappa shape index (κ2) is 7.90. The van der Waals surface area contributed by atoms with Crippen LogP contribution in [-0.4, -0.2) is 55.3 Å². The second-order valence-electron chi connectivity index (χ2n) is 7.45. The van der Waals surface area contributed by atoms with Crippen molar-refractivity contribution < 1.29 is 9.59 Å². The van der Waals surface area contributed by atoms with Crippen molar-refractivity contribution >= 4 is 11.8 Å². The fourth-order valence-electron chi connectivity index (χ4n) is 3.74. The zero-order valence-corrected chi connectivity index (χ0v) is 15.4. The number of hydrogen-bond acceptors (Lipinski definition) is 4. The van der Waals surface area contributed by atoms with Crippen LogP contribution in [0.4, 0.5) is 0 Å². The summed E-state index contributed by atoms with van der Waals surface area (Å²) in [5.74, 6) is -0.000376. The quantitative estimate of drug-likeness (QED) is 0.712. The highest BCUT2D eigenvalue weighted by molar-refractivity contribution is 5.89. The molecule has 27 heavy (non-hydrogen) atoms. The Labute approximate surface area is 159 Å². The molecular formula is C20H25N5O2. The molecule has 0 bridgehead atoms. The van der Waals surface area contributed by atoms with Gasteiger partial charge in [0.2, 0.25) is 11.8 Å². The number of hydrogen-bond donors (Lipinski definition) is 0. The van der Waals surface area contributed by atoms with Crippen LogP contribution in [0.15, 0.2) is 43.2 Å². The Morgan fingerprint density at radius 2 is 2.15 bits per heavy atom. The third kappa shape index (κ3) is 4.35. The maximum atomic E-state index is 13.2. The van der Waals surface area contributed by atoms with Crippen LogP contribution in [0.3, 0.4) is 0 Å². The number of carbonyl (C=O) groups is 2.